The van der Waals surface area contributed by atoms with E-state index in [0.29, 0.717) is 24.3 Å². The van der Waals surface area contributed by atoms with Crippen LogP contribution in [0.2, 0.25) is 0 Å². The van der Waals surface area contributed by atoms with Crippen LogP contribution in [-0.4, -0.2) is 55.3 Å². The molecule has 2 aromatic heterocycles. The maximum atomic E-state index is 12.4. The number of likely N-dealkylation sites (tertiary alicyclic amines) is 1. The van der Waals surface area contributed by atoms with Crippen molar-refractivity contribution in [3.63, 3.8) is 0 Å². The summed E-state index contributed by atoms with van der Waals surface area (Å²) in [5.74, 6) is 2.18. The summed E-state index contributed by atoms with van der Waals surface area (Å²) in [5, 5.41) is 13.7. The van der Waals surface area contributed by atoms with E-state index in [-0.39, 0.29) is 12.5 Å². The summed E-state index contributed by atoms with van der Waals surface area (Å²) < 4.78 is 7.26. The molecule has 0 radical (unpaired) electrons. The fraction of sp³-hybridized carbons (Fsp3) is 0.588. The maximum absolute atomic E-state index is 12.4. The Labute approximate surface area is 156 Å². The zero-order chi connectivity index (χ0) is 19.1. The molecule has 1 unspecified atom stereocenters. The first-order chi connectivity index (χ1) is 13.2. The second-order valence-corrected chi connectivity index (χ2v) is 6.80. The van der Waals surface area contributed by atoms with Crippen molar-refractivity contribution in [1.82, 2.24) is 29.9 Å². The molecule has 2 aromatic rings. The first-order valence-electron chi connectivity index (χ1n) is 9.08. The summed E-state index contributed by atoms with van der Waals surface area (Å²) in [6.07, 6.45) is 10.0. The van der Waals surface area contributed by atoms with Gasteiger partial charge in [-0.2, -0.15) is 4.98 Å². The standard InChI is InChI=1S/C16H22N6O2.CH2O2/c23-16(18-8-14-19-15(20-24-14)13-3-4-13)22-6-1-2-12(10-22)9-21-7-5-17-11-21;2-1-3/h5,7,11-13H,1-4,6,8-10H2,(H,18,23);1H,(H,2,3). The number of hydrogen-bond donors (Lipinski definition) is 2. The smallest absolute Gasteiger partial charge is 0.317 e. The van der Waals surface area contributed by atoms with Gasteiger partial charge in [0, 0.05) is 37.9 Å². The average molecular weight is 376 g/mol. The normalized spacial score (nSPS) is 19.1. The second kappa shape index (κ2) is 9.15. The summed E-state index contributed by atoms with van der Waals surface area (Å²) >= 11 is 0. The predicted octanol–water partition coefficient (Wildman–Crippen LogP) is 1.47. The van der Waals surface area contributed by atoms with Crippen LogP contribution in [0, 0.1) is 5.92 Å². The zero-order valence-electron chi connectivity index (χ0n) is 15.0. The van der Waals surface area contributed by atoms with Crippen molar-refractivity contribution in [3.05, 3.63) is 30.4 Å². The van der Waals surface area contributed by atoms with Gasteiger partial charge in [-0.05, 0) is 31.6 Å². The quantitative estimate of drug-likeness (QED) is 0.757. The van der Waals surface area contributed by atoms with Crippen molar-refractivity contribution in [3.8, 4) is 0 Å². The molecule has 27 heavy (non-hydrogen) atoms. The minimum Gasteiger partial charge on any atom is -0.483 e. The number of nitrogens with zero attached hydrogens (tertiary/aromatic N) is 5. The van der Waals surface area contributed by atoms with E-state index in [4.69, 9.17) is 14.4 Å². The van der Waals surface area contributed by atoms with E-state index in [0.717, 1.165) is 51.1 Å². The molecule has 4 rings (SSSR count). The van der Waals surface area contributed by atoms with E-state index in [1.165, 1.54) is 0 Å². The van der Waals surface area contributed by atoms with Gasteiger partial charge in [-0.1, -0.05) is 5.16 Å². The van der Waals surface area contributed by atoms with Gasteiger partial charge in [-0.15, -0.1) is 0 Å². The fourth-order valence-electron chi connectivity index (χ4n) is 3.20. The average Bonchev–Trinajstić information content (AvgIpc) is 3.19. The maximum Gasteiger partial charge on any atom is 0.317 e. The van der Waals surface area contributed by atoms with Crippen molar-refractivity contribution in [2.45, 2.75) is 44.7 Å². The van der Waals surface area contributed by atoms with Crippen LogP contribution in [0.15, 0.2) is 23.2 Å². The van der Waals surface area contributed by atoms with E-state index in [9.17, 15) is 4.79 Å². The summed E-state index contributed by atoms with van der Waals surface area (Å²) in [6, 6.07) is -0.0588. The molecule has 1 aliphatic heterocycles. The number of rotatable bonds is 5. The van der Waals surface area contributed by atoms with Crippen LogP contribution >= 0.6 is 0 Å². The summed E-state index contributed by atoms with van der Waals surface area (Å²) in [4.78, 5) is 31.0. The first-order valence-corrected chi connectivity index (χ1v) is 9.08. The third kappa shape index (κ3) is 5.53. The van der Waals surface area contributed by atoms with Crippen LogP contribution in [0.25, 0.3) is 0 Å². The molecule has 1 saturated carbocycles. The topological polar surface area (TPSA) is 126 Å². The third-order valence-corrected chi connectivity index (χ3v) is 4.65. The minimum absolute atomic E-state index is 0.0588. The number of carbonyl (C=O) groups excluding carboxylic acids is 1. The monoisotopic (exact) mass is 376 g/mol. The van der Waals surface area contributed by atoms with Crippen LogP contribution in [0.5, 0.6) is 0 Å². The Morgan fingerprint density at radius 3 is 2.93 bits per heavy atom. The van der Waals surface area contributed by atoms with Gasteiger partial charge in [-0.3, -0.25) is 4.79 Å². The van der Waals surface area contributed by atoms with E-state index in [2.05, 4.69) is 25.0 Å². The second-order valence-electron chi connectivity index (χ2n) is 6.80. The van der Waals surface area contributed by atoms with E-state index < -0.39 is 0 Å². The number of hydrogen-bond acceptors (Lipinski definition) is 6. The molecule has 0 aromatic carbocycles. The Bertz CT molecular complexity index is 728. The van der Waals surface area contributed by atoms with E-state index >= 15 is 0 Å². The number of aromatic nitrogens is 4. The Kier molecular flexibility index (Phi) is 6.39. The van der Waals surface area contributed by atoms with Crippen LogP contribution < -0.4 is 5.32 Å². The lowest BCUT2D eigenvalue weighted by Crippen LogP contribution is -2.46. The molecule has 2 fully saturated rings. The molecule has 146 valence electrons. The van der Waals surface area contributed by atoms with Gasteiger partial charge < -0.3 is 24.4 Å². The van der Waals surface area contributed by atoms with Crippen LogP contribution in [0.3, 0.4) is 0 Å². The predicted molar refractivity (Wildman–Crippen MR) is 93.7 cm³/mol. The molecule has 2 amide bonds. The van der Waals surface area contributed by atoms with Crippen molar-refractivity contribution in [2.24, 2.45) is 5.92 Å². The molecular weight excluding hydrogens is 352 g/mol. The minimum atomic E-state index is -0.250. The number of carbonyl (C=O) groups is 2. The highest BCUT2D eigenvalue weighted by molar-refractivity contribution is 5.74. The molecule has 0 bridgehead atoms. The SMILES string of the molecule is O=C(NCc1nc(C2CC2)no1)N1CCCC(Cn2ccnc2)C1.O=CO. The highest BCUT2D eigenvalue weighted by Crippen LogP contribution is 2.38. The molecule has 10 nitrogen and oxygen atoms in total. The van der Waals surface area contributed by atoms with Crippen molar-refractivity contribution in [1.29, 1.82) is 0 Å². The molecule has 1 aliphatic carbocycles. The Balaban J connectivity index is 0.000000659. The van der Waals surface area contributed by atoms with Gasteiger partial charge in [0.15, 0.2) is 5.82 Å². The van der Waals surface area contributed by atoms with Gasteiger partial charge >= 0.3 is 6.03 Å². The highest BCUT2D eigenvalue weighted by atomic mass is 16.5. The number of piperidine rings is 1. The molecule has 2 aliphatic rings. The number of amides is 2. The largest absolute Gasteiger partial charge is 0.483 e. The van der Waals surface area contributed by atoms with Crippen molar-refractivity contribution >= 4 is 12.5 Å². The fourth-order valence-corrected chi connectivity index (χ4v) is 3.20. The molecule has 1 saturated heterocycles. The lowest BCUT2D eigenvalue weighted by Gasteiger charge is -2.32. The number of urea groups is 1. The Morgan fingerprint density at radius 2 is 2.22 bits per heavy atom. The third-order valence-electron chi connectivity index (χ3n) is 4.65. The molecule has 10 heteroatoms. The summed E-state index contributed by atoms with van der Waals surface area (Å²) in [7, 11) is 0. The van der Waals surface area contributed by atoms with Crippen LogP contribution in [0.4, 0.5) is 4.79 Å². The lowest BCUT2D eigenvalue weighted by atomic mass is 9.98. The molecule has 0 spiro atoms. The first kappa shape index (κ1) is 18.9. The van der Waals surface area contributed by atoms with Gasteiger partial charge in [0.25, 0.3) is 6.47 Å². The van der Waals surface area contributed by atoms with E-state index in [1.54, 1.807) is 6.20 Å². The summed E-state index contributed by atoms with van der Waals surface area (Å²) in [6.45, 7) is 2.50. The number of nitrogens with one attached hydrogen (secondary N) is 1. The van der Waals surface area contributed by atoms with Crippen LogP contribution in [-0.2, 0) is 17.9 Å². The Hall–Kier alpha value is -2.91. The number of carboxylic acid groups (broad SMARTS) is 1. The van der Waals surface area contributed by atoms with Gasteiger partial charge in [0.05, 0.1) is 12.9 Å². The van der Waals surface area contributed by atoms with Gasteiger partial charge in [-0.25, -0.2) is 9.78 Å². The van der Waals surface area contributed by atoms with E-state index in [1.807, 2.05) is 17.4 Å². The molecule has 2 N–H and O–H groups in total. The van der Waals surface area contributed by atoms with Crippen molar-refractivity contribution in [2.75, 3.05) is 13.1 Å². The van der Waals surface area contributed by atoms with Gasteiger partial charge in [0.2, 0.25) is 5.89 Å². The lowest BCUT2D eigenvalue weighted by molar-refractivity contribution is -0.122. The molecular formula is C17H24N6O4. The highest BCUT2D eigenvalue weighted by Gasteiger charge is 2.29. The zero-order valence-corrected chi connectivity index (χ0v) is 15.0. The Morgan fingerprint density at radius 1 is 1.41 bits per heavy atom. The molecule has 3 heterocycles. The number of imidazole rings is 1. The molecule has 1 atom stereocenters. The summed E-state index contributed by atoms with van der Waals surface area (Å²) in [5.41, 5.74) is 0. The van der Waals surface area contributed by atoms with Gasteiger partial charge in [0.1, 0.15) is 0 Å². The van der Waals surface area contributed by atoms with Crippen LogP contribution in [0.1, 0.15) is 43.3 Å². The van der Waals surface area contributed by atoms with Crippen molar-refractivity contribution < 1.29 is 19.2 Å².